The molecule has 2 aliphatic rings. The molecule has 1 aromatic heterocycles. The highest BCUT2D eigenvalue weighted by Crippen LogP contribution is 2.62. The van der Waals surface area contributed by atoms with E-state index < -0.39 is 5.41 Å². The Morgan fingerprint density at radius 2 is 1.00 bits per heavy atom. The van der Waals surface area contributed by atoms with Crippen molar-refractivity contribution in [3.63, 3.8) is 0 Å². The third-order valence-corrected chi connectivity index (χ3v) is 11.4. The minimum atomic E-state index is -0.622. The Bertz CT molecular complexity index is 3040. The first-order chi connectivity index (χ1) is 27.7. The summed E-state index contributed by atoms with van der Waals surface area (Å²) < 4.78 is 7.04. The van der Waals surface area contributed by atoms with Crippen LogP contribution in [-0.4, -0.2) is 9.97 Å². The monoisotopic (exact) mass is 713 g/mol. The van der Waals surface area contributed by atoms with Crippen molar-refractivity contribution in [2.75, 3.05) is 0 Å². The highest BCUT2D eigenvalue weighted by Gasteiger charge is 2.51. The van der Waals surface area contributed by atoms with Gasteiger partial charge in [-0.25, -0.2) is 9.97 Å². The van der Waals surface area contributed by atoms with Gasteiger partial charge in [-0.05, 0) is 74.5 Å². The first kappa shape index (κ1) is 31.9. The molecule has 0 atom stereocenters. The number of hydrogen-bond acceptors (Lipinski definition) is 4. The van der Waals surface area contributed by atoms with E-state index in [-0.39, 0.29) is 0 Å². The summed E-state index contributed by atoms with van der Waals surface area (Å²) in [7, 11) is 0. The quantitative estimate of drug-likeness (QED) is 0.182. The summed E-state index contributed by atoms with van der Waals surface area (Å²) in [4.78, 5) is 10.5. The largest absolute Gasteiger partial charge is 0.457 e. The fraction of sp³-hybridized carbons (Fsp3) is 0.0192. The van der Waals surface area contributed by atoms with Crippen LogP contribution in [0.3, 0.4) is 0 Å². The van der Waals surface area contributed by atoms with Crippen molar-refractivity contribution in [2.45, 2.75) is 5.41 Å². The van der Waals surface area contributed by atoms with Gasteiger partial charge in [0.1, 0.15) is 11.5 Å². The second-order valence-electron chi connectivity index (χ2n) is 14.4. The van der Waals surface area contributed by atoms with E-state index in [0.717, 1.165) is 72.6 Å². The number of ether oxygens (including phenoxy) is 1. The number of nitrogens with zero attached hydrogens (tertiary/aromatic N) is 3. The maximum absolute atomic E-state index is 9.68. The molecule has 4 heteroatoms. The van der Waals surface area contributed by atoms with E-state index in [1.54, 1.807) is 0 Å². The van der Waals surface area contributed by atoms with Crippen LogP contribution in [0.4, 0.5) is 0 Å². The fourth-order valence-electron chi connectivity index (χ4n) is 8.92. The molecule has 1 aliphatic heterocycles. The van der Waals surface area contributed by atoms with Gasteiger partial charge >= 0.3 is 0 Å². The highest BCUT2D eigenvalue weighted by molar-refractivity contribution is 5.96. The van der Waals surface area contributed by atoms with Gasteiger partial charge in [0.05, 0.1) is 28.4 Å². The minimum Gasteiger partial charge on any atom is -0.457 e. The molecule has 0 fully saturated rings. The van der Waals surface area contributed by atoms with E-state index in [9.17, 15) is 5.26 Å². The van der Waals surface area contributed by atoms with Gasteiger partial charge in [-0.2, -0.15) is 5.26 Å². The first-order valence-electron chi connectivity index (χ1n) is 18.8. The summed E-state index contributed by atoms with van der Waals surface area (Å²) in [5, 5.41) is 12.0. The van der Waals surface area contributed by atoms with E-state index in [2.05, 4.69) is 152 Å². The molecule has 9 aromatic rings. The molecule has 1 aliphatic carbocycles. The molecule has 11 rings (SSSR count). The molecule has 8 aromatic carbocycles. The summed E-state index contributed by atoms with van der Waals surface area (Å²) >= 11 is 0. The highest BCUT2D eigenvalue weighted by atomic mass is 16.5. The lowest BCUT2D eigenvalue weighted by Gasteiger charge is -2.39. The predicted octanol–water partition coefficient (Wildman–Crippen LogP) is 12.6. The van der Waals surface area contributed by atoms with E-state index in [1.807, 2.05) is 42.5 Å². The summed E-state index contributed by atoms with van der Waals surface area (Å²) in [5.41, 5.74) is 13.6. The van der Waals surface area contributed by atoms with Crippen LogP contribution in [0, 0.1) is 11.3 Å². The second kappa shape index (κ2) is 12.5. The van der Waals surface area contributed by atoms with Gasteiger partial charge in [0.15, 0.2) is 5.82 Å². The number of fused-ring (bicyclic) bond motifs is 10. The molecule has 0 bridgehead atoms. The lowest BCUT2D eigenvalue weighted by molar-refractivity contribution is 0.437. The Labute approximate surface area is 324 Å². The molecular formula is C52H31N3O. The van der Waals surface area contributed by atoms with E-state index in [0.29, 0.717) is 11.4 Å². The third kappa shape index (κ3) is 4.78. The van der Waals surface area contributed by atoms with Crippen LogP contribution in [-0.2, 0) is 5.41 Å². The van der Waals surface area contributed by atoms with Crippen LogP contribution in [0.1, 0.15) is 27.8 Å². The summed E-state index contributed by atoms with van der Waals surface area (Å²) in [5.74, 6) is 2.15. The number of benzene rings is 8. The van der Waals surface area contributed by atoms with Crippen LogP contribution >= 0.6 is 0 Å². The van der Waals surface area contributed by atoms with Gasteiger partial charge in [-0.1, -0.05) is 158 Å². The molecular weight excluding hydrogens is 683 g/mol. The van der Waals surface area contributed by atoms with Crippen LogP contribution in [0.15, 0.2) is 188 Å². The van der Waals surface area contributed by atoms with Gasteiger partial charge in [0, 0.05) is 27.8 Å². The second-order valence-corrected chi connectivity index (χ2v) is 14.4. The molecule has 0 N–H and O–H groups in total. The van der Waals surface area contributed by atoms with Crippen LogP contribution < -0.4 is 4.74 Å². The molecule has 2 heterocycles. The lowest BCUT2D eigenvalue weighted by Crippen LogP contribution is -2.32. The summed E-state index contributed by atoms with van der Waals surface area (Å²) in [6.07, 6.45) is 0. The van der Waals surface area contributed by atoms with Crippen molar-refractivity contribution in [1.82, 2.24) is 9.97 Å². The average Bonchev–Trinajstić information content (AvgIpc) is 3.56. The van der Waals surface area contributed by atoms with Crippen LogP contribution in [0.2, 0.25) is 0 Å². The van der Waals surface area contributed by atoms with Crippen molar-refractivity contribution in [3.05, 3.63) is 216 Å². The zero-order valence-electron chi connectivity index (χ0n) is 30.1. The maximum atomic E-state index is 9.68. The fourth-order valence-corrected chi connectivity index (χ4v) is 8.92. The third-order valence-electron chi connectivity index (χ3n) is 11.4. The number of hydrogen-bond donors (Lipinski definition) is 0. The Hall–Kier alpha value is -7.61. The average molecular weight is 714 g/mol. The van der Waals surface area contributed by atoms with Gasteiger partial charge in [0.2, 0.25) is 0 Å². The number of nitriles is 1. The summed E-state index contributed by atoms with van der Waals surface area (Å²) in [6.45, 7) is 0. The van der Waals surface area contributed by atoms with E-state index in [4.69, 9.17) is 14.7 Å². The molecule has 1 spiro atoms. The van der Waals surface area contributed by atoms with E-state index >= 15 is 0 Å². The zero-order chi connectivity index (χ0) is 37.2. The molecule has 0 unspecified atom stereocenters. The van der Waals surface area contributed by atoms with Crippen molar-refractivity contribution in [1.29, 1.82) is 5.26 Å². The first-order valence-corrected chi connectivity index (χ1v) is 18.8. The normalized spacial score (nSPS) is 12.9. The van der Waals surface area contributed by atoms with Crippen LogP contribution in [0.5, 0.6) is 11.5 Å². The molecule has 260 valence electrons. The predicted molar refractivity (Wildman–Crippen MR) is 223 cm³/mol. The van der Waals surface area contributed by atoms with Crippen molar-refractivity contribution < 1.29 is 4.74 Å². The van der Waals surface area contributed by atoms with Gasteiger partial charge in [0.25, 0.3) is 0 Å². The SMILES string of the molecule is N#Cc1cccc(-c2ccc3c(c2)Oc2cc(-c4nc(-c5ccccc5)cc(-c5cccc6ccccc56)n4)ccc2C32c3ccccc3-c3ccccc32)c1. The van der Waals surface area contributed by atoms with Crippen LogP contribution in [0.25, 0.3) is 66.9 Å². The number of rotatable bonds is 4. The minimum absolute atomic E-state index is 0.617. The van der Waals surface area contributed by atoms with E-state index in [1.165, 1.54) is 22.3 Å². The Kier molecular flexibility index (Phi) is 7.10. The van der Waals surface area contributed by atoms with Gasteiger partial charge < -0.3 is 4.74 Å². The molecule has 56 heavy (non-hydrogen) atoms. The van der Waals surface area contributed by atoms with Crippen molar-refractivity contribution in [3.8, 4) is 73.7 Å². The molecule has 0 amide bonds. The Morgan fingerprint density at radius 3 is 1.77 bits per heavy atom. The standard InChI is InChI=1S/C52H31N3O/c53-32-33-12-10-17-36(28-33)37-24-26-45-49(29-37)56-50-30-38(25-27-46(50)52(45)43-22-8-6-19-40(43)41-20-7-9-23-44(41)52)51-54-47(35-14-2-1-3-15-35)31-48(55-51)42-21-11-16-34-13-4-5-18-39(34)42/h1-31H. The molecule has 0 saturated carbocycles. The van der Waals surface area contributed by atoms with Gasteiger partial charge in [-0.15, -0.1) is 0 Å². The topological polar surface area (TPSA) is 58.8 Å². The molecule has 0 radical (unpaired) electrons. The Balaban J connectivity index is 1.15. The lowest BCUT2D eigenvalue weighted by atomic mass is 9.66. The Morgan fingerprint density at radius 1 is 0.429 bits per heavy atom. The van der Waals surface area contributed by atoms with Crippen molar-refractivity contribution >= 4 is 10.8 Å². The van der Waals surface area contributed by atoms with Crippen molar-refractivity contribution in [2.24, 2.45) is 0 Å². The smallest absolute Gasteiger partial charge is 0.160 e. The molecule has 4 nitrogen and oxygen atoms in total. The molecule has 0 saturated heterocycles. The van der Waals surface area contributed by atoms with Gasteiger partial charge in [-0.3, -0.25) is 0 Å². The number of aromatic nitrogens is 2. The maximum Gasteiger partial charge on any atom is 0.160 e. The summed E-state index contributed by atoms with van der Waals surface area (Å²) in [6, 6.07) is 67.6. The zero-order valence-corrected chi connectivity index (χ0v) is 30.1.